The molecule has 0 radical (unpaired) electrons. The van der Waals surface area contributed by atoms with Gasteiger partial charge in [0.25, 0.3) is 0 Å². The minimum Gasteiger partial charge on any atom is -0.357 e. The molecule has 1 saturated heterocycles. The smallest absolute Gasteiger partial charge is 0.357 e. The van der Waals surface area contributed by atoms with Crippen molar-refractivity contribution in [2.75, 3.05) is 18.0 Å². The predicted molar refractivity (Wildman–Crippen MR) is 92.7 cm³/mol. The summed E-state index contributed by atoms with van der Waals surface area (Å²) in [4.78, 5) is 18.6. The van der Waals surface area contributed by atoms with Crippen molar-refractivity contribution in [3.05, 3.63) is 59.3 Å². The number of hydrogen-bond donors (Lipinski definition) is 1. The van der Waals surface area contributed by atoms with Crippen LogP contribution in [0.5, 0.6) is 0 Å². The fourth-order valence-electron chi connectivity index (χ4n) is 2.96. The van der Waals surface area contributed by atoms with Crippen molar-refractivity contribution in [2.45, 2.75) is 32.0 Å². The van der Waals surface area contributed by atoms with Gasteiger partial charge in [0, 0.05) is 25.8 Å². The highest BCUT2D eigenvalue weighted by molar-refractivity contribution is 5.78. The molecule has 0 aliphatic carbocycles. The molecule has 0 saturated carbocycles. The Morgan fingerprint density at radius 3 is 2.54 bits per heavy atom. The third-order valence-electron chi connectivity index (χ3n) is 4.35. The molecule has 0 unspecified atom stereocenters. The number of benzene rings is 1. The fourth-order valence-corrected chi connectivity index (χ4v) is 2.96. The minimum absolute atomic E-state index is 0.0940. The number of halogens is 3. The van der Waals surface area contributed by atoms with Crippen molar-refractivity contribution in [2.24, 2.45) is 0 Å². The highest BCUT2D eigenvalue weighted by Crippen LogP contribution is 2.29. The number of hydrogen-bond acceptors (Lipinski definition) is 3. The van der Waals surface area contributed by atoms with Gasteiger partial charge in [-0.05, 0) is 36.1 Å². The maximum Gasteiger partial charge on any atom is 0.416 e. The lowest BCUT2D eigenvalue weighted by molar-refractivity contribution is -0.137. The van der Waals surface area contributed by atoms with Crippen LogP contribution in [-0.4, -0.2) is 24.0 Å². The monoisotopic (exact) mass is 363 g/mol. The molecular formula is C19H20F3N3O. The number of anilines is 1. The molecule has 1 amide bonds. The lowest BCUT2D eigenvalue weighted by Crippen LogP contribution is -2.25. The highest BCUT2D eigenvalue weighted by Gasteiger charge is 2.30. The Hall–Kier alpha value is -2.57. The molecule has 1 fully saturated rings. The van der Waals surface area contributed by atoms with Crippen LogP contribution in [0.25, 0.3) is 0 Å². The van der Waals surface area contributed by atoms with Crippen molar-refractivity contribution in [3.8, 4) is 0 Å². The molecule has 2 heterocycles. The number of nitrogens with one attached hydrogen (secondary N) is 1. The van der Waals surface area contributed by atoms with E-state index in [-0.39, 0.29) is 12.3 Å². The Balaban J connectivity index is 1.52. The Morgan fingerprint density at radius 1 is 1.12 bits per heavy atom. The zero-order valence-corrected chi connectivity index (χ0v) is 14.2. The number of rotatable bonds is 5. The van der Waals surface area contributed by atoms with Crippen molar-refractivity contribution < 1.29 is 18.0 Å². The van der Waals surface area contributed by atoms with Gasteiger partial charge in [0.05, 0.1) is 12.0 Å². The van der Waals surface area contributed by atoms with Gasteiger partial charge in [0.1, 0.15) is 5.82 Å². The Kier molecular flexibility index (Phi) is 5.44. The molecule has 1 aromatic carbocycles. The van der Waals surface area contributed by atoms with Crippen molar-refractivity contribution >= 4 is 11.7 Å². The van der Waals surface area contributed by atoms with Crippen LogP contribution in [0, 0.1) is 0 Å². The summed E-state index contributed by atoms with van der Waals surface area (Å²) in [6.45, 7) is 2.32. The topological polar surface area (TPSA) is 45.2 Å². The van der Waals surface area contributed by atoms with Crippen LogP contribution in [0.1, 0.15) is 29.5 Å². The van der Waals surface area contributed by atoms with Gasteiger partial charge in [-0.25, -0.2) is 4.98 Å². The van der Waals surface area contributed by atoms with Gasteiger partial charge in [-0.3, -0.25) is 4.79 Å². The van der Waals surface area contributed by atoms with Gasteiger partial charge < -0.3 is 10.2 Å². The third-order valence-corrected chi connectivity index (χ3v) is 4.35. The molecule has 0 spiro atoms. The van der Waals surface area contributed by atoms with Crippen molar-refractivity contribution in [3.63, 3.8) is 0 Å². The van der Waals surface area contributed by atoms with E-state index in [0.29, 0.717) is 12.1 Å². The van der Waals surface area contributed by atoms with E-state index < -0.39 is 11.7 Å². The summed E-state index contributed by atoms with van der Waals surface area (Å²) >= 11 is 0. The standard InChI is InChI=1S/C19H20F3N3O/c20-19(21,22)16-5-3-4-14(10-16)11-18(26)24-13-15-6-7-17(23-12-15)25-8-1-2-9-25/h3-7,10,12H,1-2,8-9,11,13H2,(H,24,26). The summed E-state index contributed by atoms with van der Waals surface area (Å²) in [6, 6.07) is 8.67. The largest absolute Gasteiger partial charge is 0.416 e. The first kappa shape index (κ1) is 18.2. The quantitative estimate of drug-likeness (QED) is 0.884. The summed E-state index contributed by atoms with van der Waals surface area (Å²) in [5, 5.41) is 2.72. The zero-order chi connectivity index (χ0) is 18.6. The van der Waals surface area contributed by atoms with Crippen LogP contribution >= 0.6 is 0 Å². The Morgan fingerprint density at radius 2 is 1.88 bits per heavy atom. The summed E-state index contributed by atoms with van der Waals surface area (Å²) < 4.78 is 38.1. The van der Waals surface area contributed by atoms with Gasteiger partial charge in [-0.1, -0.05) is 24.3 Å². The Bertz CT molecular complexity index is 753. The minimum atomic E-state index is -4.41. The number of alkyl halides is 3. The van der Waals surface area contributed by atoms with Crippen LogP contribution in [0.2, 0.25) is 0 Å². The number of amides is 1. The van der Waals surface area contributed by atoms with Crippen LogP contribution < -0.4 is 10.2 Å². The van der Waals surface area contributed by atoms with Gasteiger partial charge >= 0.3 is 6.18 Å². The van der Waals surface area contributed by atoms with Crippen LogP contribution in [0.3, 0.4) is 0 Å². The average Bonchev–Trinajstić information content (AvgIpc) is 3.14. The van der Waals surface area contributed by atoms with E-state index >= 15 is 0 Å². The van der Waals surface area contributed by atoms with Gasteiger partial charge in [0.15, 0.2) is 0 Å². The predicted octanol–water partition coefficient (Wildman–Crippen LogP) is 3.56. The zero-order valence-electron chi connectivity index (χ0n) is 14.2. The van der Waals surface area contributed by atoms with Crippen molar-refractivity contribution in [1.29, 1.82) is 0 Å². The molecule has 138 valence electrons. The summed E-state index contributed by atoms with van der Waals surface area (Å²) in [6.07, 6.45) is -0.430. The molecule has 4 nitrogen and oxygen atoms in total. The second kappa shape index (κ2) is 7.76. The molecule has 1 aromatic heterocycles. The Labute approximate surface area is 150 Å². The van der Waals surface area contributed by atoms with E-state index in [4.69, 9.17) is 0 Å². The number of carbonyl (C=O) groups is 1. The molecule has 0 bridgehead atoms. The van der Waals surface area contributed by atoms with E-state index in [1.165, 1.54) is 25.0 Å². The average molecular weight is 363 g/mol. The third kappa shape index (κ3) is 4.74. The summed E-state index contributed by atoms with van der Waals surface area (Å²) in [5.74, 6) is 0.606. The number of pyridine rings is 1. The maximum atomic E-state index is 12.7. The van der Waals surface area contributed by atoms with E-state index in [2.05, 4.69) is 15.2 Å². The number of nitrogens with zero attached hydrogens (tertiary/aromatic N) is 2. The molecule has 2 aromatic rings. The first-order chi connectivity index (χ1) is 12.4. The van der Waals surface area contributed by atoms with Gasteiger partial charge in [-0.15, -0.1) is 0 Å². The lowest BCUT2D eigenvalue weighted by Gasteiger charge is -2.16. The van der Waals surface area contributed by atoms with E-state index in [0.717, 1.165) is 36.6 Å². The molecule has 3 rings (SSSR count). The number of carbonyl (C=O) groups excluding carboxylic acids is 1. The molecule has 1 aliphatic rings. The molecule has 1 aliphatic heterocycles. The van der Waals surface area contributed by atoms with Crippen molar-refractivity contribution in [1.82, 2.24) is 10.3 Å². The molecule has 26 heavy (non-hydrogen) atoms. The summed E-state index contributed by atoms with van der Waals surface area (Å²) in [7, 11) is 0. The van der Waals surface area contributed by atoms with E-state index in [9.17, 15) is 18.0 Å². The maximum absolute atomic E-state index is 12.7. The second-order valence-electron chi connectivity index (χ2n) is 6.37. The SMILES string of the molecule is O=C(Cc1cccc(C(F)(F)F)c1)NCc1ccc(N2CCCC2)nc1. The lowest BCUT2D eigenvalue weighted by atomic mass is 10.1. The van der Waals surface area contributed by atoms with Crippen LogP contribution in [0.15, 0.2) is 42.6 Å². The van der Waals surface area contributed by atoms with Gasteiger partial charge in [0.2, 0.25) is 5.91 Å². The molecular weight excluding hydrogens is 343 g/mol. The normalized spacial score (nSPS) is 14.5. The van der Waals surface area contributed by atoms with E-state index in [1.807, 2.05) is 12.1 Å². The van der Waals surface area contributed by atoms with E-state index in [1.54, 1.807) is 6.20 Å². The first-order valence-corrected chi connectivity index (χ1v) is 8.54. The molecule has 7 heteroatoms. The van der Waals surface area contributed by atoms with Crippen LogP contribution in [0.4, 0.5) is 19.0 Å². The first-order valence-electron chi connectivity index (χ1n) is 8.54. The second-order valence-corrected chi connectivity index (χ2v) is 6.37. The molecule has 0 atom stereocenters. The number of aromatic nitrogens is 1. The molecule has 1 N–H and O–H groups in total. The van der Waals surface area contributed by atoms with Crippen LogP contribution in [-0.2, 0) is 23.9 Å². The highest BCUT2D eigenvalue weighted by atomic mass is 19.4. The fraction of sp³-hybridized carbons (Fsp3) is 0.368. The van der Waals surface area contributed by atoms with Gasteiger partial charge in [-0.2, -0.15) is 13.2 Å². The summed E-state index contributed by atoms with van der Waals surface area (Å²) in [5.41, 5.74) is 0.440.